The number of benzene rings is 3. The first-order chi connectivity index (χ1) is 18.0. The van der Waals surface area contributed by atoms with Crippen molar-refractivity contribution >= 4 is 17.5 Å². The van der Waals surface area contributed by atoms with Crippen LogP contribution in [0.3, 0.4) is 0 Å². The van der Waals surface area contributed by atoms with Gasteiger partial charge in [0.25, 0.3) is 5.91 Å². The highest BCUT2D eigenvalue weighted by molar-refractivity contribution is 6.02. The lowest BCUT2D eigenvalue weighted by atomic mass is 9.94. The molecule has 1 saturated carbocycles. The van der Waals surface area contributed by atoms with Gasteiger partial charge in [-0.05, 0) is 91.3 Å². The molecular formula is C30H32N2O5. The van der Waals surface area contributed by atoms with Crippen molar-refractivity contribution in [3.05, 3.63) is 77.4 Å². The molecule has 2 heterocycles. The van der Waals surface area contributed by atoms with Gasteiger partial charge in [-0.1, -0.05) is 24.3 Å². The number of carbonyl (C=O) groups is 2. The molecule has 192 valence electrons. The second-order valence-corrected chi connectivity index (χ2v) is 10.2. The smallest absolute Gasteiger partial charge is 0.254 e. The Morgan fingerprint density at radius 3 is 2.59 bits per heavy atom. The van der Waals surface area contributed by atoms with Crippen LogP contribution in [0.2, 0.25) is 0 Å². The number of nitrogens with zero attached hydrogens (tertiary/aromatic N) is 1. The summed E-state index contributed by atoms with van der Waals surface area (Å²) in [6.45, 7) is 2.92. The summed E-state index contributed by atoms with van der Waals surface area (Å²) in [5, 5.41) is 12.7. The number of amides is 2. The van der Waals surface area contributed by atoms with Crippen LogP contribution in [-0.2, 0) is 10.2 Å². The standard InChI is InChI=1S/C30H30N2O5.H2/c1-19-4-10-23(31-29(35)30(12-13-30)22-9-11-26-27(15-22)37-18-36-26)16-25(19)20-5-7-21(8-6-20)28(34)32-14-2-3-24(32)17-33;/h4-11,15-16,24,33H,2-3,12-14,17-18H2,1H3,(H,31,35);1H. The highest BCUT2D eigenvalue weighted by Gasteiger charge is 2.51. The van der Waals surface area contributed by atoms with Gasteiger partial charge < -0.3 is 24.8 Å². The molecule has 1 atom stereocenters. The van der Waals surface area contributed by atoms with Gasteiger partial charge in [-0.3, -0.25) is 9.59 Å². The highest BCUT2D eigenvalue weighted by Crippen LogP contribution is 2.51. The molecule has 1 saturated heterocycles. The fourth-order valence-corrected chi connectivity index (χ4v) is 5.48. The van der Waals surface area contributed by atoms with E-state index in [1.165, 1.54) is 0 Å². The minimum atomic E-state index is -0.546. The number of aliphatic hydroxyl groups excluding tert-OH is 1. The number of hydrogen-bond acceptors (Lipinski definition) is 5. The van der Waals surface area contributed by atoms with Crippen molar-refractivity contribution < 1.29 is 25.6 Å². The van der Waals surface area contributed by atoms with Crippen LogP contribution in [0.4, 0.5) is 5.69 Å². The van der Waals surface area contributed by atoms with Crippen LogP contribution in [0.15, 0.2) is 60.7 Å². The van der Waals surface area contributed by atoms with E-state index < -0.39 is 5.41 Å². The third-order valence-corrected chi connectivity index (χ3v) is 7.90. The van der Waals surface area contributed by atoms with Gasteiger partial charge in [0.15, 0.2) is 11.5 Å². The highest BCUT2D eigenvalue weighted by atomic mass is 16.7. The first-order valence-corrected chi connectivity index (χ1v) is 12.8. The van der Waals surface area contributed by atoms with Crippen LogP contribution >= 0.6 is 0 Å². The van der Waals surface area contributed by atoms with Crippen molar-refractivity contribution in [1.82, 2.24) is 4.90 Å². The molecule has 7 heteroatoms. The molecule has 2 aliphatic heterocycles. The Morgan fingerprint density at radius 1 is 1.05 bits per heavy atom. The van der Waals surface area contributed by atoms with Gasteiger partial charge in [0.1, 0.15) is 0 Å². The fraction of sp³-hybridized carbons (Fsp3) is 0.333. The topological polar surface area (TPSA) is 88.1 Å². The molecule has 7 nitrogen and oxygen atoms in total. The second kappa shape index (κ2) is 9.23. The SMILES string of the molecule is Cc1ccc(NC(=O)C2(c3ccc4c(c3)OCO4)CC2)cc1-c1ccc(C(=O)N2CCCC2CO)cc1.[HH]. The molecule has 0 radical (unpaired) electrons. The van der Waals surface area contributed by atoms with Crippen molar-refractivity contribution in [1.29, 1.82) is 0 Å². The summed E-state index contributed by atoms with van der Waals surface area (Å²) in [5.74, 6) is 1.34. The van der Waals surface area contributed by atoms with E-state index in [0.29, 0.717) is 23.6 Å². The lowest BCUT2D eigenvalue weighted by Gasteiger charge is -2.23. The average molecular weight is 501 g/mol. The molecule has 6 rings (SSSR count). The van der Waals surface area contributed by atoms with Gasteiger partial charge in [0.05, 0.1) is 18.1 Å². The van der Waals surface area contributed by atoms with E-state index in [4.69, 9.17) is 9.47 Å². The largest absolute Gasteiger partial charge is 0.454 e. The van der Waals surface area contributed by atoms with E-state index in [1.807, 2.05) is 67.6 Å². The molecule has 0 aromatic heterocycles. The van der Waals surface area contributed by atoms with Crippen LogP contribution in [0, 0.1) is 6.92 Å². The Hall–Kier alpha value is -3.84. The Kier molecular flexibility index (Phi) is 5.88. The van der Waals surface area contributed by atoms with Crippen molar-refractivity contribution in [2.45, 2.75) is 44.1 Å². The number of carbonyl (C=O) groups excluding carboxylic acids is 2. The maximum atomic E-state index is 13.4. The Bertz CT molecular complexity index is 1370. The Balaban J connectivity index is 0.00000294. The number of ether oxygens (including phenoxy) is 2. The van der Waals surface area contributed by atoms with Crippen molar-refractivity contribution in [2.75, 3.05) is 25.3 Å². The van der Waals surface area contributed by atoms with E-state index >= 15 is 0 Å². The molecule has 3 aromatic carbocycles. The van der Waals surface area contributed by atoms with Crippen LogP contribution in [-0.4, -0.2) is 47.8 Å². The number of anilines is 1. The zero-order valence-electron chi connectivity index (χ0n) is 20.8. The Labute approximate surface area is 217 Å². The molecule has 0 spiro atoms. The van der Waals surface area contributed by atoms with Gasteiger partial charge in [0.2, 0.25) is 12.7 Å². The minimum Gasteiger partial charge on any atom is -0.454 e. The molecule has 0 bridgehead atoms. The lowest BCUT2D eigenvalue weighted by molar-refractivity contribution is -0.118. The molecule has 2 fully saturated rings. The number of aryl methyl sites for hydroxylation is 1. The van der Waals surface area contributed by atoms with Gasteiger partial charge in [-0.25, -0.2) is 0 Å². The van der Waals surface area contributed by atoms with E-state index in [2.05, 4.69) is 5.32 Å². The third-order valence-electron chi connectivity index (χ3n) is 7.90. The first-order valence-electron chi connectivity index (χ1n) is 12.8. The third kappa shape index (κ3) is 4.23. The predicted molar refractivity (Wildman–Crippen MR) is 142 cm³/mol. The summed E-state index contributed by atoms with van der Waals surface area (Å²) >= 11 is 0. The summed E-state index contributed by atoms with van der Waals surface area (Å²) < 4.78 is 10.9. The monoisotopic (exact) mass is 500 g/mol. The number of aliphatic hydroxyl groups is 1. The quantitative estimate of drug-likeness (QED) is 0.503. The maximum absolute atomic E-state index is 13.4. The number of fused-ring (bicyclic) bond motifs is 1. The fourth-order valence-electron chi connectivity index (χ4n) is 5.48. The van der Waals surface area contributed by atoms with E-state index in [9.17, 15) is 14.7 Å². The zero-order chi connectivity index (χ0) is 25.6. The van der Waals surface area contributed by atoms with Crippen LogP contribution in [0.25, 0.3) is 11.1 Å². The first kappa shape index (κ1) is 23.6. The van der Waals surface area contributed by atoms with Gasteiger partial charge in [-0.15, -0.1) is 0 Å². The van der Waals surface area contributed by atoms with Crippen molar-refractivity contribution in [3.63, 3.8) is 0 Å². The van der Waals surface area contributed by atoms with Crippen LogP contribution < -0.4 is 14.8 Å². The molecule has 2 amide bonds. The number of likely N-dealkylation sites (tertiary alicyclic amines) is 1. The molecule has 3 aliphatic rings. The molecule has 37 heavy (non-hydrogen) atoms. The van der Waals surface area contributed by atoms with Gasteiger partial charge in [-0.2, -0.15) is 0 Å². The summed E-state index contributed by atoms with van der Waals surface area (Å²) in [7, 11) is 0. The van der Waals surface area contributed by atoms with E-state index in [-0.39, 0.29) is 32.7 Å². The van der Waals surface area contributed by atoms with E-state index in [1.54, 1.807) is 4.90 Å². The summed E-state index contributed by atoms with van der Waals surface area (Å²) in [6, 6.07) is 19.1. The normalized spacial score (nSPS) is 19.1. The maximum Gasteiger partial charge on any atom is 0.254 e. The van der Waals surface area contributed by atoms with Crippen LogP contribution in [0.1, 0.15) is 48.6 Å². The average Bonchev–Trinajstić information content (AvgIpc) is 3.37. The van der Waals surface area contributed by atoms with Crippen molar-refractivity contribution in [3.8, 4) is 22.6 Å². The number of rotatable bonds is 6. The van der Waals surface area contributed by atoms with Gasteiger partial charge in [0, 0.05) is 19.2 Å². The molecule has 3 aromatic rings. The molecular weight excluding hydrogens is 468 g/mol. The van der Waals surface area contributed by atoms with Crippen molar-refractivity contribution in [2.24, 2.45) is 0 Å². The minimum absolute atomic E-state index is 0. The van der Waals surface area contributed by atoms with Crippen LogP contribution in [0.5, 0.6) is 11.5 Å². The summed E-state index contributed by atoms with van der Waals surface area (Å²) in [4.78, 5) is 28.1. The summed E-state index contributed by atoms with van der Waals surface area (Å²) in [5.41, 5.74) is 4.81. The predicted octanol–water partition coefficient (Wildman–Crippen LogP) is 4.90. The Morgan fingerprint density at radius 2 is 1.84 bits per heavy atom. The number of nitrogens with one attached hydrogen (secondary N) is 1. The zero-order valence-corrected chi connectivity index (χ0v) is 20.8. The van der Waals surface area contributed by atoms with Gasteiger partial charge >= 0.3 is 0 Å². The molecule has 1 aliphatic carbocycles. The molecule has 1 unspecified atom stereocenters. The molecule has 2 N–H and O–H groups in total. The second-order valence-electron chi connectivity index (χ2n) is 10.2. The summed E-state index contributed by atoms with van der Waals surface area (Å²) in [6.07, 6.45) is 3.35. The number of hydrogen-bond donors (Lipinski definition) is 2. The lowest BCUT2D eigenvalue weighted by Crippen LogP contribution is -2.37. The van der Waals surface area contributed by atoms with E-state index in [0.717, 1.165) is 53.6 Å².